The molecule has 0 aromatic carbocycles. The van der Waals surface area contributed by atoms with E-state index in [0.717, 1.165) is 5.47 Å². The third-order valence-corrected chi connectivity index (χ3v) is 2.27. The Labute approximate surface area is 74.1 Å². The summed E-state index contributed by atoms with van der Waals surface area (Å²) in [5.74, 6) is 0. The molecule has 2 aliphatic rings. The normalized spacial score (nSPS) is 29.0. The molecule has 62 valence electrons. The fourth-order valence-electron chi connectivity index (χ4n) is 1.28. The van der Waals surface area contributed by atoms with E-state index in [-0.39, 0.29) is 6.23 Å². The molecule has 1 unspecified atom stereocenters. The predicted octanol–water partition coefficient (Wildman–Crippen LogP) is 1.05. The van der Waals surface area contributed by atoms with Gasteiger partial charge in [0.1, 0.15) is 14.1 Å². The molecule has 1 aliphatic heterocycles. The van der Waals surface area contributed by atoms with E-state index in [1.54, 1.807) is 6.20 Å². The molecule has 0 aromatic heterocycles. The van der Waals surface area contributed by atoms with Gasteiger partial charge in [0, 0.05) is 0 Å². The van der Waals surface area contributed by atoms with E-state index in [1.165, 1.54) is 19.3 Å². The molecule has 1 fully saturated rings. The van der Waals surface area contributed by atoms with Crippen molar-refractivity contribution in [2.45, 2.75) is 31.6 Å². The molecule has 3 heteroatoms. The van der Waals surface area contributed by atoms with Crippen LogP contribution in [-0.4, -0.2) is 20.2 Å². The maximum absolute atomic E-state index is 5.68. The molecule has 1 N–H and O–H groups in total. The van der Waals surface area contributed by atoms with E-state index in [4.69, 9.17) is 12.6 Å². The minimum Gasteiger partial charge on any atom is -0.364 e. The quantitative estimate of drug-likeness (QED) is 0.611. The van der Waals surface area contributed by atoms with Gasteiger partial charge in [-0.05, 0) is 31.5 Å². The smallest absolute Gasteiger partial charge is 0.147 e. The van der Waals surface area contributed by atoms with Gasteiger partial charge in [-0.3, -0.25) is 0 Å². The largest absolute Gasteiger partial charge is 0.364 e. The van der Waals surface area contributed by atoms with Gasteiger partial charge in [-0.1, -0.05) is 11.5 Å². The molecule has 0 aromatic rings. The van der Waals surface area contributed by atoms with E-state index in [2.05, 4.69) is 5.32 Å². The Morgan fingerprint density at radius 2 is 2.33 bits per heavy atom. The van der Waals surface area contributed by atoms with Gasteiger partial charge in [0.05, 0.1) is 6.10 Å². The highest BCUT2D eigenvalue weighted by Crippen LogP contribution is 2.23. The van der Waals surface area contributed by atoms with E-state index >= 15 is 0 Å². The van der Waals surface area contributed by atoms with Gasteiger partial charge in [-0.2, -0.15) is 0 Å². The van der Waals surface area contributed by atoms with Gasteiger partial charge < -0.3 is 10.1 Å². The van der Waals surface area contributed by atoms with Crippen LogP contribution in [0, 0.1) is 0 Å². The monoisotopic (exact) mass is 161 g/mol. The minimum absolute atomic E-state index is 0.0302. The van der Waals surface area contributed by atoms with Crippen molar-refractivity contribution in [2.75, 3.05) is 0 Å². The lowest BCUT2D eigenvalue weighted by molar-refractivity contribution is -0.0389. The molecule has 0 amide bonds. The summed E-state index contributed by atoms with van der Waals surface area (Å²) < 4.78 is 5.68. The van der Waals surface area contributed by atoms with Crippen LogP contribution >= 0.6 is 0 Å². The summed E-state index contributed by atoms with van der Waals surface area (Å²) in [4.78, 5) is 0. The second-order valence-electron chi connectivity index (χ2n) is 3.28. The van der Waals surface area contributed by atoms with Crippen molar-refractivity contribution in [1.82, 2.24) is 5.32 Å². The van der Waals surface area contributed by atoms with Gasteiger partial charge in [0.2, 0.25) is 0 Å². The first-order valence-corrected chi connectivity index (χ1v) is 4.40. The van der Waals surface area contributed by atoms with Gasteiger partial charge >= 0.3 is 0 Å². The summed E-state index contributed by atoms with van der Waals surface area (Å²) in [7, 11) is 5.53. The Balaban J connectivity index is 1.79. The molecule has 1 aliphatic carbocycles. The highest BCUT2D eigenvalue weighted by atomic mass is 16.5. The second-order valence-corrected chi connectivity index (χ2v) is 3.28. The minimum atomic E-state index is 0.0302. The maximum atomic E-state index is 5.68. The molecular formula is C9H12BNO. The molecule has 0 bridgehead atoms. The van der Waals surface area contributed by atoms with Crippen molar-refractivity contribution in [3.8, 4) is 0 Å². The second kappa shape index (κ2) is 3.36. The first kappa shape index (κ1) is 7.93. The fourth-order valence-corrected chi connectivity index (χ4v) is 1.28. The van der Waals surface area contributed by atoms with Crippen LogP contribution in [0.2, 0.25) is 0 Å². The van der Waals surface area contributed by atoms with E-state index in [0.29, 0.717) is 6.10 Å². The van der Waals surface area contributed by atoms with Crippen LogP contribution in [0.5, 0.6) is 0 Å². The SMILES string of the molecule is [B]C1=CNC(OC2CCC2)C=C1. The Bertz CT molecular complexity index is 221. The molecule has 1 heterocycles. The Morgan fingerprint density at radius 3 is 2.83 bits per heavy atom. The van der Waals surface area contributed by atoms with Crippen LogP contribution in [-0.2, 0) is 4.74 Å². The maximum Gasteiger partial charge on any atom is 0.147 e. The standard InChI is InChI=1S/C9H12BNO/c10-7-4-5-9(11-6-7)12-8-2-1-3-8/h4-6,8-9,11H,1-3H2. The van der Waals surface area contributed by atoms with E-state index in [1.807, 2.05) is 12.2 Å². The van der Waals surface area contributed by atoms with Gasteiger partial charge in [-0.25, -0.2) is 0 Å². The summed E-state index contributed by atoms with van der Waals surface area (Å²) in [6, 6.07) is 0. The van der Waals surface area contributed by atoms with Gasteiger partial charge in [0.15, 0.2) is 0 Å². The lowest BCUT2D eigenvalue weighted by Crippen LogP contribution is -2.35. The molecule has 1 atom stereocenters. The van der Waals surface area contributed by atoms with Crippen LogP contribution in [0.4, 0.5) is 0 Å². The first-order chi connectivity index (χ1) is 5.84. The molecule has 0 spiro atoms. The third kappa shape index (κ3) is 1.72. The van der Waals surface area contributed by atoms with Gasteiger partial charge in [0.25, 0.3) is 0 Å². The zero-order chi connectivity index (χ0) is 8.39. The number of hydrogen-bond acceptors (Lipinski definition) is 2. The third-order valence-electron chi connectivity index (χ3n) is 2.27. The Hall–Kier alpha value is -0.695. The van der Waals surface area contributed by atoms with Crippen molar-refractivity contribution in [3.05, 3.63) is 23.8 Å². The Kier molecular flexibility index (Phi) is 2.22. The highest BCUT2D eigenvalue weighted by Gasteiger charge is 2.21. The van der Waals surface area contributed by atoms with Crippen LogP contribution < -0.4 is 5.32 Å². The van der Waals surface area contributed by atoms with Crippen molar-refractivity contribution in [3.63, 3.8) is 0 Å². The van der Waals surface area contributed by atoms with Gasteiger partial charge in [-0.15, -0.1) is 0 Å². The number of nitrogens with one attached hydrogen (secondary N) is 1. The number of rotatable bonds is 2. The Morgan fingerprint density at radius 1 is 1.50 bits per heavy atom. The summed E-state index contributed by atoms with van der Waals surface area (Å²) >= 11 is 0. The van der Waals surface area contributed by atoms with Crippen molar-refractivity contribution < 1.29 is 4.74 Å². The molecule has 2 radical (unpaired) electrons. The summed E-state index contributed by atoms with van der Waals surface area (Å²) in [5, 5.41) is 3.07. The molecule has 12 heavy (non-hydrogen) atoms. The summed E-state index contributed by atoms with van der Waals surface area (Å²) in [6.07, 6.45) is 9.80. The van der Waals surface area contributed by atoms with E-state index in [9.17, 15) is 0 Å². The van der Waals surface area contributed by atoms with Crippen LogP contribution in [0.1, 0.15) is 19.3 Å². The number of allylic oxidation sites excluding steroid dienone is 2. The average Bonchev–Trinajstić information content (AvgIpc) is 2.00. The number of ether oxygens (including phenoxy) is 1. The van der Waals surface area contributed by atoms with Crippen molar-refractivity contribution in [2.24, 2.45) is 0 Å². The zero-order valence-electron chi connectivity index (χ0n) is 6.99. The van der Waals surface area contributed by atoms with Crippen molar-refractivity contribution >= 4 is 7.85 Å². The summed E-state index contributed by atoms with van der Waals surface area (Å²) in [6.45, 7) is 0. The van der Waals surface area contributed by atoms with Crippen molar-refractivity contribution in [1.29, 1.82) is 0 Å². The first-order valence-electron chi connectivity index (χ1n) is 4.40. The topological polar surface area (TPSA) is 21.3 Å². The fraction of sp³-hybridized carbons (Fsp3) is 0.556. The van der Waals surface area contributed by atoms with Crippen LogP contribution in [0.3, 0.4) is 0 Å². The molecular weight excluding hydrogens is 149 g/mol. The molecule has 1 saturated carbocycles. The van der Waals surface area contributed by atoms with Crippen LogP contribution in [0.25, 0.3) is 0 Å². The highest BCUT2D eigenvalue weighted by molar-refractivity contribution is 6.23. The molecule has 2 rings (SSSR count). The van der Waals surface area contributed by atoms with E-state index < -0.39 is 0 Å². The zero-order valence-corrected chi connectivity index (χ0v) is 6.99. The number of dihydropyridines is 1. The van der Waals surface area contributed by atoms with Crippen LogP contribution in [0.15, 0.2) is 23.8 Å². The number of hydrogen-bond donors (Lipinski definition) is 1. The summed E-state index contributed by atoms with van der Waals surface area (Å²) in [5.41, 5.74) is 0.753. The lowest BCUT2D eigenvalue weighted by Gasteiger charge is -2.30. The average molecular weight is 161 g/mol. The molecule has 0 saturated heterocycles. The lowest BCUT2D eigenvalue weighted by atomic mass is 9.94. The molecule has 2 nitrogen and oxygen atoms in total. The predicted molar refractivity (Wildman–Crippen MR) is 48.6 cm³/mol.